The molecule has 0 amide bonds. The van der Waals surface area contributed by atoms with Crippen LogP contribution < -0.4 is 5.56 Å². The second-order valence-corrected chi connectivity index (χ2v) is 6.45. The molecule has 0 atom stereocenters. The Balaban J connectivity index is 2.27. The maximum atomic E-state index is 12.7. The number of hydrogen-bond donors (Lipinski definition) is 0. The van der Waals surface area contributed by atoms with Crippen LogP contribution in [0.25, 0.3) is 10.9 Å². The van der Waals surface area contributed by atoms with Crippen molar-refractivity contribution in [3.8, 4) is 0 Å². The Bertz CT molecular complexity index is 758. The largest absolute Gasteiger partial charge is 0.468 e. The van der Waals surface area contributed by atoms with Gasteiger partial charge in [-0.15, -0.1) is 0 Å². The number of carbonyl (C=O) groups is 1. The fourth-order valence-electron chi connectivity index (χ4n) is 2.18. The minimum atomic E-state index is -0.350. The van der Waals surface area contributed by atoms with E-state index < -0.39 is 0 Å². The molecule has 0 saturated carbocycles. The number of aromatic nitrogens is 2. The predicted molar refractivity (Wildman–Crippen MR) is 94.4 cm³/mol. The molecule has 1 heterocycles. The number of fused-ring (bicyclic) bond motifs is 1. The van der Waals surface area contributed by atoms with Gasteiger partial charge >= 0.3 is 5.97 Å². The van der Waals surface area contributed by atoms with Crippen molar-refractivity contribution in [1.82, 2.24) is 9.55 Å². The summed E-state index contributed by atoms with van der Waals surface area (Å²) in [6.45, 7) is 5.01. The molecular weight excluding hydrogens is 328 g/mol. The molecule has 6 nitrogen and oxygen atoms in total. The van der Waals surface area contributed by atoms with Crippen LogP contribution in [0, 0.1) is 0 Å². The fraction of sp³-hybridized carbons (Fsp3) is 0.471. The monoisotopic (exact) mass is 350 g/mol. The first kappa shape index (κ1) is 18.5. The number of nitrogens with zero attached hydrogens (tertiary/aromatic N) is 2. The Morgan fingerprint density at radius 3 is 2.79 bits per heavy atom. The van der Waals surface area contributed by atoms with Gasteiger partial charge in [-0.05, 0) is 32.4 Å². The Labute approximate surface area is 145 Å². The van der Waals surface area contributed by atoms with Gasteiger partial charge in [0.2, 0.25) is 0 Å². The van der Waals surface area contributed by atoms with E-state index in [9.17, 15) is 9.59 Å². The Kier molecular flexibility index (Phi) is 6.81. The molecule has 1 aromatic carbocycles. The third kappa shape index (κ3) is 4.82. The maximum absolute atomic E-state index is 12.7. The molecule has 24 heavy (non-hydrogen) atoms. The van der Waals surface area contributed by atoms with Gasteiger partial charge in [-0.25, -0.2) is 4.98 Å². The molecule has 0 aliphatic heterocycles. The molecule has 0 radical (unpaired) electrons. The van der Waals surface area contributed by atoms with Crippen molar-refractivity contribution in [1.29, 1.82) is 0 Å². The van der Waals surface area contributed by atoms with Crippen LogP contribution in [0.5, 0.6) is 0 Å². The van der Waals surface area contributed by atoms with Crippen molar-refractivity contribution in [3.63, 3.8) is 0 Å². The molecule has 0 unspecified atom stereocenters. The van der Waals surface area contributed by atoms with Crippen molar-refractivity contribution in [2.24, 2.45) is 0 Å². The zero-order valence-electron chi connectivity index (χ0n) is 14.2. The second-order valence-electron chi connectivity index (χ2n) is 5.51. The van der Waals surface area contributed by atoms with E-state index in [0.29, 0.717) is 35.6 Å². The van der Waals surface area contributed by atoms with Gasteiger partial charge in [0.05, 0.1) is 29.9 Å². The van der Waals surface area contributed by atoms with Crippen LogP contribution in [0.1, 0.15) is 20.3 Å². The molecule has 0 aliphatic carbocycles. The van der Waals surface area contributed by atoms with Crippen LogP contribution in [0.15, 0.2) is 34.2 Å². The molecule has 0 fully saturated rings. The number of ether oxygens (including phenoxy) is 2. The summed E-state index contributed by atoms with van der Waals surface area (Å²) in [5, 5.41) is 1.10. The average molecular weight is 350 g/mol. The summed E-state index contributed by atoms with van der Waals surface area (Å²) in [6.07, 6.45) is 0.855. The van der Waals surface area contributed by atoms with Crippen LogP contribution in [0.2, 0.25) is 0 Å². The second kappa shape index (κ2) is 8.84. The van der Waals surface area contributed by atoms with E-state index in [1.165, 1.54) is 18.9 Å². The lowest BCUT2D eigenvalue weighted by Crippen LogP contribution is -2.24. The number of carbonyl (C=O) groups excluding carboxylic acids is 1. The molecule has 0 N–H and O–H groups in total. The van der Waals surface area contributed by atoms with Gasteiger partial charge in [0.1, 0.15) is 0 Å². The molecule has 0 spiro atoms. The topological polar surface area (TPSA) is 70.4 Å². The van der Waals surface area contributed by atoms with Crippen LogP contribution in [-0.2, 0) is 20.8 Å². The summed E-state index contributed by atoms with van der Waals surface area (Å²) in [7, 11) is 1.34. The molecule has 130 valence electrons. The van der Waals surface area contributed by atoms with Gasteiger partial charge in [0.15, 0.2) is 5.16 Å². The first-order valence-corrected chi connectivity index (χ1v) is 8.82. The molecule has 2 rings (SSSR count). The van der Waals surface area contributed by atoms with Crippen molar-refractivity contribution in [2.45, 2.75) is 38.1 Å². The van der Waals surface area contributed by atoms with Crippen LogP contribution in [0.4, 0.5) is 0 Å². The normalized spacial score (nSPS) is 11.2. The standard InChI is InChI=1S/C17H22N2O4S/c1-12(2)23-10-6-9-19-16(21)13-7-4-5-8-14(13)18-17(19)24-11-15(20)22-3/h4-5,7-8,12H,6,9-11H2,1-3H3. The SMILES string of the molecule is COC(=O)CSc1nc2ccccc2c(=O)n1CCCOC(C)C. The van der Waals surface area contributed by atoms with Gasteiger partial charge in [0.25, 0.3) is 5.56 Å². The smallest absolute Gasteiger partial charge is 0.316 e. The highest BCUT2D eigenvalue weighted by molar-refractivity contribution is 7.99. The molecular formula is C17H22N2O4S. The van der Waals surface area contributed by atoms with Crippen LogP contribution in [0.3, 0.4) is 0 Å². The van der Waals surface area contributed by atoms with Gasteiger partial charge in [0, 0.05) is 13.2 Å². The summed E-state index contributed by atoms with van der Waals surface area (Å²) < 4.78 is 11.8. The molecule has 0 aliphatic rings. The van der Waals surface area contributed by atoms with E-state index in [0.717, 1.165) is 0 Å². The minimum Gasteiger partial charge on any atom is -0.468 e. The van der Waals surface area contributed by atoms with Crippen molar-refractivity contribution in [2.75, 3.05) is 19.5 Å². The van der Waals surface area contributed by atoms with Gasteiger partial charge in [-0.2, -0.15) is 0 Å². The third-order valence-corrected chi connectivity index (χ3v) is 4.30. The molecule has 1 aromatic heterocycles. The highest BCUT2D eigenvalue weighted by Gasteiger charge is 2.13. The lowest BCUT2D eigenvalue weighted by atomic mass is 10.2. The van der Waals surface area contributed by atoms with E-state index in [1.54, 1.807) is 16.7 Å². The first-order chi connectivity index (χ1) is 11.5. The Morgan fingerprint density at radius 2 is 2.08 bits per heavy atom. The number of rotatable bonds is 8. The predicted octanol–water partition coefficient (Wildman–Crippen LogP) is 2.48. The number of para-hydroxylation sites is 1. The highest BCUT2D eigenvalue weighted by Crippen LogP contribution is 2.18. The van der Waals surface area contributed by atoms with Gasteiger partial charge < -0.3 is 9.47 Å². The average Bonchev–Trinajstić information content (AvgIpc) is 2.58. The van der Waals surface area contributed by atoms with Gasteiger partial charge in [-0.3, -0.25) is 14.2 Å². The Hall–Kier alpha value is -1.86. The van der Waals surface area contributed by atoms with E-state index >= 15 is 0 Å². The fourth-order valence-corrected chi connectivity index (χ4v) is 3.04. The summed E-state index contributed by atoms with van der Waals surface area (Å²) in [6, 6.07) is 7.22. The molecule has 0 bridgehead atoms. The maximum Gasteiger partial charge on any atom is 0.316 e. The number of esters is 1. The van der Waals surface area contributed by atoms with E-state index in [1.807, 2.05) is 26.0 Å². The van der Waals surface area contributed by atoms with Gasteiger partial charge in [-0.1, -0.05) is 23.9 Å². The lowest BCUT2D eigenvalue weighted by Gasteiger charge is -2.13. The number of methoxy groups -OCH3 is 1. The summed E-state index contributed by atoms with van der Waals surface area (Å²) in [5.41, 5.74) is 0.530. The zero-order chi connectivity index (χ0) is 17.5. The number of hydrogen-bond acceptors (Lipinski definition) is 6. The van der Waals surface area contributed by atoms with Crippen molar-refractivity contribution in [3.05, 3.63) is 34.6 Å². The van der Waals surface area contributed by atoms with E-state index in [-0.39, 0.29) is 23.4 Å². The molecule has 0 saturated heterocycles. The summed E-state index contributed by atoms with van der Waals surface area (Å²) in [5.74, 6) is -0.235. The summed E-state index contributed by atoms with van der Waals surface area (Å²) in [4.78, 5) is 28.7. The van der Waals surface area contributed by atoms with Crippen molar-refractivity contribution >= 4 is 28.6 Å². The minimum absolute atomic E-state index is 0.0995. The number of benzene rings is 1. The number of thioether (sulfide) groups is 1. The zero-order valence-corrected chi connectivity index (χ0v) is 15.0. The van der Waals surface area contributed by atoms with E-state index in [2.05, 4.69) is 9.72 Å². The van der Waals surface area contributed by atoms with Crippen molar-refractivity contribution < 1.29 is 14.3 Å². The lowest BCUT2D eigenvalue weighted by molar-refractivity contribution is -0.137. The first-order valence-electron chi connectivity index (χ1n) is 7.83. The van der Waals surface area contributed by atoms with Crippen LogP contribution in [-0.4, -0.2) is 41.1 Å². The molecule has 2 aromatic rings. The molecule has 7 heteroatoms. The third-order valence-electron chi connectivity index (χ3n) is 3.35. The van der Waals surface area contributed by atoms with E-state index in [4.69, 9.17) is 4.74 Å². The Morgan fingerprint density at radius 1 is 1.33 bits per heavy atom. The van der Waals surface area contributed by atoms with Crippen LogP contribution >= 0.6 is 11.8 Å². The highest BCUT2D eigenvalue weighted by atomic mass is 32.2. The summed E-state index contributed by atoms with van der Waals surface area (Å²) >= 11 is 1.21. The quantitative estimate of drug-likeness (QED) is 0.315.